The lowest BCUT2D eigenvalue weighted by molar-refractivity contribution is -0.117. The van der Waals surface area contributed by atoms with E-state index in [1.807, 2.05) is 54.9 Å². The van der Waals surface area contributed by atoms with Gasteiger partial charge in [0.1, 0.15) is 5.69 Å². The molecule has 1 aliphatic heterocycles. The van der Waals surface area contributed by atoms with Crippen molar-refractivity contribution in [2.75, 3.05) is 25.7 Å². The van der Waals surface area contributed by atoms with Gasteiger partial charge < -0.3 is 24.3 Å². The molecule has 1 fully saturated rings. The van der Waals surface area contributed by atoms with Crippen LogP contribution in [-0.2, 0) is 18.4 Å². The Labute approximate surface area is 181 Å². The van der Waals surface area contributed by atoms with E-state index in [9.17, 15) is 9.59 Å². The molecule has 0 aliphatic carbocycles. The van der Waals surface area contributed by atoms with Crippen molar-refractivity contribution in [3.63, 3.8) is 0 Å². The molecule has 1 aliphatic rings. The summed E-state index contributed by atoms with van der Waals surface area (Å²) in [5.74, 6) is 1.08. The van der Waals surface area contributed by atoms with Crippen molar-refractivity contribution in [2.45, 2.75) is 26.3 Å². The molecule has 1 saturated heterocycles. The number of hydrogen-bond donors (Lipinski definition) is 1. The number of nitrogens with zero attached hydrogens (tertiary/aromatic N) is 2. The van der Waals surface area contributed by atoms with E-state index < -0.39 is 0 Å². The van der Waals surface area contributed by atoms with Crippen molar-refractivity contribution in [3.8, 4) is 11.5 Å². The summed E-state index contributed by atoms with van der Waals surface area (Å²) in [7, 11) is 5.03. The Morgan fingerprint density at radius 2 is 1.87 bits per heavy atom. The number of carbonyl (C=O) groups excluding carboxylic acids is 2. The van der Waals surface area contributed by atoms with E-state index in [4.69, 9.17) is 9.47 Å². The zero-order valence-corrected chi connectivity index (χ0v) is 18.3. The molecule has 1 aromatic heterocycles. The maximum atomic E-state index is 13.3. The van der Waals surface area contributed by atoms with E-state index in [1.165, 1.54) is 0 Å². The van der Waals surface area contributed by atoms with Crippen LogP contribution in [0.25, 0.3) is 10.9 Å². The molecule has 7 nitrogen and oxygen atoms in total. The molecule has 0 radical (unpaired) electrons. The van der Waals surface area contributed by atoms with Crippen molar-refractivity contribution >= 4 is 28.4 Å². The van der Waals surface area contributed by atoms with Crippen LogP contribution in [0.5, 0.6) is 11.5 Å². The molecule has 162 valence electrons. The van der Waals surface area contributed by atoms with Crippen molar-refractivity contribution < 1.29 is 19.1 Å². The van der Waals surface area contributed by atoms with Crippen LogP contribution in [0.3, 0.4) is 0 Å². The average Bonchev–Trinajstić information content (AvgIpc) is 3.31. The number of anilines is 1. The lowest BCUT2D eigenvalue weighted by atomic mass is 10.1. The maximum Gasteiger partial charge on any atom is 0.270 e. The molecule has 2 aromatic carbocycles. The minimum Gasteiger partial charge on any atom is -0.493 e. The summed E-state index contributed by atoms with van der Waals surface area (Å²) >= 11 is 0. The minimum absolute atomic E-state index is 0.0583. The third-order valence-electron chi connectivity index (χ3n) is 5.79. The van der Waals surface area contributed by atoms with E-state index in [0.717, 1.165) is 28.5 Å². The number of benzene rings is 2. The zero-order valence-electron chi connectivity index (χ0n) is 18.3. The Morgan fingerprint density at radius 1 is 1.10 bits per heavy atom. The second-order valence-corrected chi connectivity index (χ2v) is 7.80. The predicted octanol–water partition coefficient (Wildman–Crippen LogP) is 3.56. The molecule has 3 aromatic rings. The largest absolute Gasteiger partial charge is 0.493 e. The number of rotatable bonds is 6. The highest BCUT2D eigenvalue weighted by atomic mass is 16.5. The molecule has 0 atom stereocenters. The Morgan fingerprint density at radius 3 is 2.55 bits per heavy atom. The number of aryl methyl sites for hydroxylation is 2. The maximum absolute atomic E-state index is 13.3. The Kier molecular flexibility index (Phi) is 5.59. The smallest absolute Gasteiger partial charge is 0.270 e. The van der Waals surface area contributed by atoms with Crippen LogP contribution in [0.4, 0.5) is 5.69 Å². The van der Waals surface area contributed by atoms with Crippen LogP contribution < -0.4 is 19.7 Å². The highest BCUT2D eigenvalue weighted by molar-refractivity contribution is 6.14. The first-order valence-electron chi connectivity index (χ1n) is 10.3. The van der Waals surface area contributed by atoms with Crippen molar-refractivity contribution in [2.24, 2.45) is 7.05 Å². The van der Waals surface area contributed by atoms with Crippen molar-refractivity contribution in [3.05, 3.63) is 53.2 Å². The second kappa shape index (κ2) is 8.34. The van der Waals surface area contributed by atoms with Crippen LogP contribution >= 0.6 is 0 Å². The van der Waals surface area contributed by atoms with E-state index in [1.54, 1.807) is 19.1 Å². The molecule has 0 bridgehead atoms. The molecular weight excluding hydrogens is 394 g/mol. The van der Waals surface area contributed by atoms with Crippen LogP contribution in [0.2, 0.25) is 0 Å². The fourth-order valence-electron chi connectivity index (χ4n) is 4.21. The number of amides is 2. The number of ether oxygens (including phenoxy) is 2. The fraction of sp³-hybridized carbons (Fsp3) is 0.333. The molecule has 2 amide bonds. The normalized spacial score (nSPS) is 13.7. The summed E-state index contributed by atoms with van der Waals surface area (Å²) in [6, 6.07) is 11.6. The third-order valence-corrected chi connectivity index (χ3v) is 5.79. The fourth-order valence-corrected chi connectivity index (χ4v) is 4.21. The van der Waals surface area contributed by atoms with Gasteiger partial charge in [-0.25, -0.2) is 0 Å². The number of aromatic nitrogens is 1. The number of nitrogens with one attached hydrogen (secondary N) is 1. The first-order chi connectivity index (χ1) is 14.9. The highest BCUT2D eigenvalue weighted by Crippen LogP contribution is 2.36. The topological polar surface area (TPSA) is 72.8 Å². The molecule has 0 spiro atoms. The molecule has 4 rings (SSSR count). The van der Waals surface area contributed by atoms with Gasteiger partial charge in [-0.05, 0) is 43.2 Å². The number of methoxy groups -OCH3 is 2. The van der Waals surface area contributed by atoms with Gasteiger partial charge in [-0.3, -0.25) is 9.59 Å². The summed E-state index contributed by atoms with van der Waals surface area (Å²) in [6.45, 7) is 2.97. The first-order valence-corrected chi connectivity index (χ1v) is 10.3. The molecular formula is C24H27N3O4. The Balaban J connectivity index is 1.69. The standard InChI is InChI=1S/C24H27N3O4/c1-15-7-9-18-17(12-15)22(27-11-5-6-21(27)28)23(26(18)2)24(29)25-14-16-8-10-19(30-3)20(13-16)31-4/h7-10,12-13H,5-6,11,14H2,1-4H3,(H,25,29). The zero-order chi connectivity index (χ0) is 22.1. The average molecular weight is 421 g/mol. The quantitative estimate of drug-likeness (QED) is 0.661. The second-order valence-electron chi connectivity index (χ2n) is 7.80. The molecule has 2 heterocycles. The van der Waals surface area contributed by atoms with Gasteiger partial charge in [0.25, 0.3) is 5.91 Å². The molecule has 31 heavy (non-hydrogen) atoms. The van der Waals surface area contributed by atoms with Crippen molar-refractivity contribution in [1.82, 2.24) is 9.88 Å². The predicted molar refractivity (Wildman–Crippen MR) is 120 cm³/mol. The van der Waals surface area contributed by atoms with Crippen molar-refractivity contribution in [1.29, 1.82) is 0 Å². The van der Waals surface area contributed by atoms with Gasteiger partial charge in [0.2, 0.25) is 5.91 Å². The van der Waals surface area contributed by atoms with E-state index in [0.29, 0.717) is 42.4 Å². The summed E-state index contributed by atoms with van der Waals surface area (Å²) in [6.07, 6.45) is 1.31. The minimum atomic E-state index is -0.221. The molecule has 1 N–H and O–H groups in total. The first kappa shape index (κ1) is 20.8. The van der Waals surface area contributed by atoms with Gasteiger partial charge in [-0.2, -0.15) is 0 Å². The number of carbonyl (C=O) groups is 2. The van der Waals surface area contributed by atoms with Crippen LogP contribution in [-0.4, -0.2) is 37.1 Å². The van der Waals surface area contributed by atoms with Gasteiger partial charge in [0.15, 0.2) is 11.5 Å². The Bertz CT molecular complexity index is 1170. The lowest BCUT2D eigenvalue weighted by Crippen LogP contribution is -2.30. The summed E-state index contributed by atoms with van der Waals surface area (Å²) in [5, 5.41) is 3.93. The van der Waals surface area contributed by atoms with Gasteiger partial charge >= 0.3 is 0 Å². The Hall–Kier alpha value is -3.48. The van der Waals surface area contributed by atoms with Gasteiger partial charge in [-0.1, -0.05) is 17.7 Å². The SMILES string of the molecule is COc1ccc(CNC(=O)c2c(N3CCCC3=O)c3cc(C)ccc3n2C)cc1OC. The number of fused-ring (bicyclic) bond motifs is 1. The summed E-state index contributed by atoms with van der Waals surface area (Å²) in [4.78, 5) is 27.6. The highest BCUT2D eigenvalue weighted by Gasteiger charge is 2.31. The van der Waals surface area contributed by atoms with Gasteiger partial charge in [-0.15, -0.1) is 0 Å². The van der Waals surface area contributed by atoms with Crippen LogP contribution in [0.15, 0.2) is 36.4 Å². The third kappa shape index (κ3) is 3.71. The van der Waals surface area contributed by atoms with Crippen LogP contribution in [0, 0.1) is 6.92 Å². The van der Waals surface area contributed by atoms with Gasteiger partial charge in [0, 0.05) is 31.9 Å². The molecule has 0 unspecified atom stereocenters. The van der Waals surface area contributed by atoms with E-state index in [-0.39, 0.29) is 11.8 Å². The van der Waals surface area contributed by atoms with Gasteiger partial charge in [0.05, 0.1) is 25.4 Å². The molecule has 7 heteroatoms. The monoisotopic (exact) mass is 421 g/mol. The number of hydrogen-bond acceptors (Lipinski definition) is 4. The summed E-state index contributed by atoms with van der Waals surface area (Å²) < 4.78 is 12.5. The lowest BCUT2D eigenvalue weighted by Gasteiger charge is -2.18. The van der Waals surface area contributed by atoms with Crippen LogP contribution in [0.1, 0.15) is 34.5 Å². The summed E-state index contributed by atoms with van der Waals surface area (Å²) in [5.41, 5.74) is 4.10. The van der Waals surface area contributed by atoms with E-state index in [2.05, 4.69) is 5.32 Å². The van der Waals surface area contributed by atoms with E-state index >= 15 is 0 Å². The molecule has 0 saturated carbocycles.